The first-order valence-electron chi connectivity index (χ1n) is 4.29. The van der Waals surface area contributed by atoms with E-state index < -0.39 is 0 Å². The van der Waals surface area contributed by atoms with Gasteiger partial charge >= 0.3 is 0 Å². The van der Waals surface area contributed by atoms with Gasteiger partial charge in [-0.2, -0.15) is 0 Å². The third kappa shape index (κ3) is 1.21. The number of fused-ring (bicyclic) bond motifs is 1. The lowest BCUT2D eigenvalue weighted by atomic mass is 10.1. The third-order valence-corrected chi connectivity index (χ3v) is 3.54. The van der Waals surface area contributed by atoms with E-state index >= 15 is 0 Å². The van der Waals surface area contributed by atoms with Gasteiger partial charge in [0.15, 0.2) is 6.29 Å². The van der Waals surface area contributed by atoms with Gasteiger partial charge in [-0.1, -0.05) is 12.1 Å². The van der Waals surface area contributed by atoms with Crippen molar-refractivity contribution in [1.82, 2.24) is 0 Å². The maximum Gasteiger partial charge on any atom is 0.160 e. The minimum atomic E-state index is 0.782. The van der Waals surface area contributed by atoms with Crippen molar-refractivity contribution in [1.29, 1.82) is 0 Å². The molecule has 1 aromatic carbocycles. The van der Waals surface area contributed by atoms with Crippen LogP contribution in [0.4, 0.5) is 0 Å². The Kier molecular flexibility index (Phi) is 2.25. The minimum Gasteiger partial charge on any atom is -0.495 e. The van der Waals surface area contributed by atoms with E-state index in [4.69, 9.17) is 4.74 Å². The molecule has 0 aliphatic rings. The summed E-state index contributed by atoms with van der Waals surface area (Å²) in [5, 5.41) is 1.11. The van der Waals surface area contributed by atoms with Crippen LogP contribution in [0, 0.1) is 6.92 Å². The van der Waals surface area contributed by atoms with E-state index in [9.17, 15) is 4.79 Å². The molecule has 0 spiro atoms. The number of carbonyl (C=O) groups excluding carboxylic acids is 1. The molecule has 0 aliphatic carbocycles. The van der Waals surface area contributed by atoms with Crippen LogP contribution in [0.1, 0.15) is 15.2 Å². The number of methoxy groups -OCH3 is 1. The number of rotatable bonds is 2. The average molecular weight is 206 g/mol. The monoisotopic (exact) mass is 206 g/mol. The van der Waals surface area contributed by atoms with Crippen molar-refractivity contribution in [3.05, 3.63) is 28.6 Å². The molecule has 0 amide bonds. The Hall–Kier alpha value is -1.35. The molecule has 3 heteroatoms. The van der Waals surface area contributed by atoms with Crippen LogP contribution < -0.4 is 4.74 Å². The summed E-state index contributed by atoms with van der Waals surface area (Å²) in [6, 6.07) is 5.86. The predicted molar refractivity (Wildman–Crippen MR) is 58.5 cm³/mol. The molecular formula is C11H10O2S. The van der Waals surface area contributed by atoms with Crippen molar-refractivity contribution in [3.8, 4) is 5.75 Å². The van der Waals surface area contributed by atoms with E-state index in [-0.39, 0.29) is 0 Å². The Morgan fingerprint density at radius 3 is 2.86 bits per heavy atom. The van der Waals surface area contributed by atoms with Gasteiger partial charge in [-0.05, 0) is 23.9 Å². The molecular weight excluding hydrogens is 196 g/mol. The Balaban J connectivity index is 2.83. The van der Waals surface area contributed by atoms with E-state index in [1.807, 2.05) is 25.1 Å². The van der Waals surface area contributed by atoms with E-state index in [0.717, 1.165) is 32.6 Å². The molecule has 0 saturated carbocycles. The molecule has 2 nitrogen and oxygen atoms in total. The fraction of sp³-hybridized carbons (Fsp3) is 0.182. The third-order valence-electron chi connectivity index (χ3n) is 2.29. The molecule has 0 saturated heterocycles. The normalized spacial score (nSPS) is 10.4. The van der Waals surface area contributed by atoms with Crippen molar-refractivity contribution >= 4 is 27.7 Å². The quantitative estimate of drug-likeness (QED) is 0.706. The van der Waals surface area contributed by atoms with Crippen LogP contribution in [-0.2, 0) is 0 Å². The van der Waals surface area contributed by atoms with E-state index in [1.165, 1.54) is 11.3 Å². The second-order valence-corrected chi connectivity index (χ2v) is 4.10. The lowest BCUT2D eigenvalue weighted by molar-refractivity contribution is 0.112. The zero-order valence-electron chi connectivity index (χ0n) is 8.03. The Morgan fingerprint density at radius 1 is 1.43 bits per heavy atom. The summed E-state index contributed by atoms with van der Waals surface area (Å²) in [4.78, 5) is 11.5. The van der Waals surface area contributed by atoms with Crippen LogP contribution in [0.3, 0.4) is 0 Å². The van der Waals surface area contributed by atoms with Gasteiger partial charge in [0.25, 0.3) is 0 Å². The van der Waals surface area contributed by atoms with E-state index in [2.05, 4.69) is 0 Å². The molecule has 2 aromatic rings. The summed E-state index contributed by atoms with van der Waals surface area (Å²) < 4.78 is 6.29. The molecule has 0 atom stereocenters. The van der Waals surface area contributed by atoms with Gasteiger partial charge in [0, 0.05) is 0 Å². The summed E-state index contributed by atoms with van der Waals surface area (Å²) in [6.07, 6.45) is 0.902. The lowest BCUT2D eigenvalue weighted by Gasteiger charge is -1.99. The van der Waals surface area contributed by atoms with Crippen molar-refractivity contribution in [2.24, 2.45) is 0 Å². The highest BCUT2D eigenvalue weighted by Crippen LogP contribution is 2.35. The molecule has 1 aromatic heterocycles. The number of carbonyl (C=O) groups is 1. The van der Waals surface area contributed by atoms with Crippen LogP contribution in [0.25, 0.3) is 10.1 Å². The summed E-state index contributed by atoms with van der Waals surface area (Å²) >= 11 is 1.48. The molecule has 0 aliphatic heterocycles. The molecule has 0 radical (unpaired) electrons. The summed E-state index contributed by atoms with van der Waals surface area (Å²) in [6.45, 7) is 1.96. The van der Waals surface area contributed by atoms with Crippen LogP contribution in [0.5, 0.6) is 5.75 Å². The maximum atomic E-state index is 10.8. The molecule has 0 bridgehead atoms. The van der Waals surface area contributed by atoms with Crippen molar-refractivity contribution in [2.45, 2.75) is 6.92 Å². The number of thiophene rings is 1. The molecule has 14 heavy (non-hydrogen) atoms. The Bertz CT molecular complexity index is 485. The van der Waals surface area contributed by atoms with Crippen LogP contribution >= 0.6 is 11.3 Å². The molecule has 0 unspecified atom stereocenters. The smallest absolute Gasteiger partial charge is 0.160 e. The number of hydrogen-bond acceptors (Lipinski definition) is 3. The topological polar surface area (TPSA) is 26.3 Å². The number of hydrogen-bond donors (Lipinski definition) is 0. The first-order chi connectivity index (χ1) is 6.77. The minimum absolute atomic E-state index is 0.782. The summed E-state index contributed by atoms with van der Waals surface area (Å²) in [5.74, 6) is 0.837. The molecule has 2 rings (SSSR count). The zero-order chi connectivity index (χ0) is 10.1. The largest absolute Gasteiger partial charge is 0.495 e. The first kappa shape index (κ1) is 9.21. The first-order valence-corrected chi connectivity index (χ1v) is 5.11. The highest BCUT2D eigenvalue weighted by Gasteiger charge is 2.10. The fourth-order valence-corrected chi connectivity index (χ4v) is 2.62. The van der Waals surface area contributed by atoms with Gasteiger partial charge < -0.3 is 4.74 Å². The standard InChI is InChI=1S/C11H10O2S/c1-7-8-4-3-5-9(13-2)11(8)14-10(7)6-12/h3-6H,1-2H3. The number of ether oxygens (including phenoxy) is 1. The van der Waals surface area contributed by atoms with Gasteiger partial charge in [0.1, 0.15) is 5.75 Å². The highest BCUT2D eigenvalue weighted by atomic mass is 32.1. The fourth-order valence-electron chi connectivity index (χ4n) is 1.51. The highest BCUT2D eigenvalue weighted by molar-refractivity contribution is 7.21. The lowest BCUT2D eigenvalue weighted by Crippen LogP contribution is -1.81. The number of aldehydes is 1. The predicted octanol–water partition coefficient (Wildman–Crippen LogP) is 3.03. The van der Waals surface area contributed by atoms with Gasteiger partial charge in [0.05, 0.1) is 16.7 Å². The van der Waals surface area contributed by atoms with E-state index in [0.29, 0.717) is 0 Å². The molecule has 72 valence electrons. The molecule has 0 N–H and O–H groups in total. The van der Waals surface area contributed by atoms with E-state index in [1.54, 1.807) is 7.11 Å². The van der Waals surface area contributed by atoms with Gasteiger partial charge in [-0.25, -0.2) is 0 Å². The van der Waals surface area contributed by atoms with Crippen LogP contribution in [0.2, 0.25) is 0 Å². The number of aryl methyl sites for hydroxylation is 1. The van der Waals surface area contributed by atoms with Crippen molar-refractivity contribution in [3.63, 3.8) is 0 Å². The van der Waals surface area contributed by atoms with Gasteiger partial charge in [-0.3, -0.25) is 4.79 Å². The molecule has 0 fully saturated rings. The second kappa shape index (κ2) is 3.42. The average Bonchev–Trinajstić information content (AvgIpc) is 2.55. The molecule has 1 heterocycles. The number of benzene rings is 1. The van der Waals surface area contributed by atoms with Gasteiger partial charge in [-0.15, -0.1) is 11.3 Å². The summed E-state index contributed by atoms with van der Waals surface area (Å²) in [7, 11) is 1.64. The van der Waals surface area contributed by atoms with Gasteiger partial charge in [0.2, 0.25) is 0 Å². The van der Waals surface area contributed by atoms with Crippen molar-refractivity contribution < 1.29 is 9.53 Å². The second-order valence-electron chi connectivity index (χ2n) is 3.05. The summed E-state index contributed by atoms with van der Waals surface area (Å²) in [5.41, 5.74) is 1.04. The Labute approximate surface area is 86.1 Å². The Morgan fingerprint density at radius 2 is 2.21 bits per heavy atom. The van der Waals surface area contributed by atoms with Crippen LogP contribution in [0.15, 0.2) is 18.2 Å². The van der Waals surface area contributed by atoms with Crippen LogP contribution in [-0.4, -0.2) is 13.4 Å². The SMILES string of the molecule is COc1cccc2c(C)c(C=O)sc12. The maximum absolute atomic E-state index is 10.8. The zero-order valence-corrected chi connectivity index (χ0v) is 8.85. The van der Waals surface area contributed by atoms with Crippen molar-refractivity contribution in [2.75, 3.05) is 7.11 Å².